The van der Waals surface area contributed by atoms with E-state index in [4.69, 9.17) is 0 Å². The fourth-order valence-electron chi connectivity index (χ4n) is 3.28. The molecule has 0 aromatic rings. The van der Waals surface area contributed by atoms with Gasteiger partial charge in [-0.3, -0.25) is 14.4 Å². The molecule has 26 heavy (non-hydrogen) atoms. The van der Waals surface area contributed by atoms with Gasteiger partial charge in [0.2, 0.25) is 11.8 Å². The lowest BCUT2D eigenvalue weighted by molar-refractivity contribution is -0.139. The van der Waals surface area contributed by atoms with Crippen molar-refractivity contribution in [3.63, 3.8) is 0 Å². The highest BCUT2D eigenvalue weighted by molar-refractivity contribution is 6.08. The highest BCUT2D eigenvalue weighted by Crippen LogP contribution is 2.37. The second-order valence-corrected chi connectivity index (χ2v) is 8.45. The summed E-state index contributed by atoms with van der Waals surface area (Å²) >= 11 is 0. The Labute approximate surface area is 158 Å². The van der Waals surface area contributed by atoms with Crippen LogP contribution in [0.1, 0.15) is 66.7 Å². The van der Waals surface area contributed by atoms with Crippen molar-refractivity contribution >= 4 is 17.6 Å². The summed E-state index contributed by atoms with van der Waals surface area (Å²) in [7, 11) is 1.68. The maximum absolute atomic E-state index is 12.9. The minimum atomic E-state index is -0.705. The van der Waals surface area contributed by atoms with E-state index in [1.807, 2.05) is 27.7 Å². The molecule has 0 saturated heterocycles. The molecular formula is C20H37N3O3. The van der Waals surface area contributed by atoms with Gasteiger partial charge in [-0.1, -0.05) is 41.0 Å². The summed E-state index contributed by atoms with van der Waals surface area (Å²) < 4.78 is 0. The van der Waals surface area contributed by atoms with E-state index in [9.17, 15) is 14.4 Å². The Morgan fingerprint density at radius 3 is 2.27 bits per heavy atom. The minimum absolute atomic E-state index is 0.0954. The summed E-state index contributed by atoms with van der Waals surface area (Å²) in [5, 5.41) is 6.09. The van der Waals surface area contributed by atoms with Crippen LogP contribution in [0.25, 0.3) is 0 Å². The zero-order valence-corrected chi connectivity index (χ0v) is 17.4. The SMILES string of the molecule is CCCCNCC(=O)N(C)C(CC(C)C)C(=O)NC1(CC(C)C)CC1=O. The second kappa shape index (κ2) is 10.0. The predicted molar refractivity (Wildman–Crippen MR) is 104 cm³/mol. The van der Waals surface area contributed by atoms with E-state index in [0.717, 1.165) is 19.4 Å². The fraction of sp³-hybridized carbons (Fsp3) is 0.850. The first-order valence-electron chi connectivity index (χ1n) is 9.94. The third-order valence-corrected chi connectivity index (χ3v) is 4.83. The van der Waals surface area contributed by atoms with E-state index in [1.165, 1.54) is 4.90 Å². The lowest BCUT2D eigenvalue weighted by atomic mass is 9.98. The van der Waals surface area contributed by atoms with Gasteiger partial charge in [0.05, 0.1) is 6.54 Å². The second-order valence-electron chi connectivity index (χ2n) is 8.45. The van der Waals surface area contributed by atoms with E-state index in [2.05, 4.69) is 17.6 Å². The first-order valence-corrected chi connectivity index (χ1v) is 9.94. The van der Waals surface area contributed by atoms with Crippen LogP contribution < -0.4 is 10.6 Å². The molecule has 2 amide bonds. The van der Waals surface area contributed by atoms with Gasteiger partial charge in [-0.2, -0.15) is 0 Å². The molecule has 0 aromatic carbocycles. The van der Waals surface area contributed by atoms with E-state index >= 15 is 0 Å². The monoisotopic (exact) mass is 367 g/mol. The maximum Gasteiger partial charge on any atom is 0.243 e. The van der Waals surface area contributed by atoms with Gasteiger partial charge in [0.15, 0.2) is 5.78 Å². The predicted octanol–water partition coefficient (Wildman–Crippen LogP) is 2.12. The van der Waals surface area contributed by atoms with Crippen LogP contribution in [-0.2, 0) is 14.4 Å². The summed E-state index contributed by atoms with van der Waals surface area (Å²) in [6.07, 6.45) is 3.73. The van der Waals surface area contributed by atoms with E-state index in [-0.39, 0.29) is 30.1 Å². The van der Waals surface area contributed by atoms with Gasteiger partial charge in [-0.25, -0.2) is 0 Å². The van der Waals surface area contributed by atoms with Gasteiger partial charge in [0.1, 0.15) is 11.6 Å². The summed E-state index contributed by atoms with van der Waals surface area (Å²) in [4.78, 5) is 38.8. The van der Waals surface area contributed by atoms with Crippen molar-refractivity contribution in [1.82, 2.24) is 15.5 Å². The summed E-state index contributed by atoms with van der Waals surface area (Å²) in [5.41, 5.74) is -0.705. The summed E-state index contributed by atoms with van der Waals surface area (Å²) in [6.45, 7) is 11.3. The number of nitrogens with one attached hydrogen (secondary N) is 2. The number of unbranched alkanes of at least 4 members (excludes halogenated alkanes) is 1. The minimum Gasteiger partial charge on any atom is -0.341 e. The molecule has 1 rings (SSSR count). The highest BCUT2D eigenvalue weighted by atomic mass is 16.2. The van der Waals surface area contributed by atoms with Gasteiger partial charge in [-0.15, -0.1) is 0 Å². The Hall–Kier alpha value is -1.43. The van der Waals surface area contributed by atoms with Crippen molar-refractivity contribution in [3.8, 4) is 0 Å². The first kappa shape index (κ1) is 22.6. The number of hydrogen-bond donors (Lipinski definition) is 2. The number of carbonyl (C=O) groups excluding carboxylic acids is 3. The van der Waals surface area contributed by atoms with Gasteiger partial charge in [0, 0.05) is 13.5 Å². The number of nitrogens with zero attached hydrogens (tertiary/aromatic N) is 1. The van der Waals surface area contributed by atoms with Crippen LogP contribution in [0.3, 0.4) is 0 Å². The van der Waals surface area contributed by atoms with Crippen LogP contribution in [0, 0.1) is 11.8 Å². The van der Waals surface area contributed by atoms with Crippen molar-refractivity contribution in [1.29, 1.82) is 0 Å². The molecule has 1 saturated carbocycles. The van der Waals surface area contributed by atoms with Crippen LogP contribution in [0.4, 0.5) is 0 Å². The van der Waals surface area contributed by atoms with Gasteiger partial charge < -0.3 is 15.5 Å². The number of carbonyl (C=O) groups is 3. The topological polar surface area (TPSA) is 78.5 Å². The van der Waals surface area contributed by atoms with Crippen molar-refractivity contribution in [2.24, 2.45) is 11.8 Å². The Morgan fingerprint density at radius 2 is 1.81 bits per heavy atom. The number of likely N-dealkylation sites (N-methyl/N-ethyl adjacent to an activating group) is 1. The number of Topliss-reactive ketones (excluding diaryl/α,β-unsaturated/α-hetero) is 1. The maximum atomic E-state index is 12.9. The Balaban J connectivity index is 2.73. The number of amides is 2. The molecule has 1 aliphatic rings. The van der Waals surface area contributed by atoms with Crippen LogP contribution >= 0.6 is 0 Å². The Kier molecular flexibility index (Phi) is 8.74. The molecule has 1 aliphatic carbocycles. The van der Waals surface area contributed by atoms with Crippen LogP contribution in [0.15, 0.2) is 0 Å². The molecule has 2 N–H and O–H groups in total. The molecule has 0 spiro atoms. The Bertz CT molecular complexity index is 505. The standard InChI is InChI=1S/C20H37N3O3/c1-7-8-9-21-13-18(25)23(6)16(10-14(2)3)19(26)22-20(11-15(4)5)12-17(20)24/h14-16,21H,7-13H2,1-6H3,(H,22,26). The van der Waals surface area contributed by atoms with Crippen LogP contribution in [-0.4, -0.2) is 54.2 Å². The zero-order chi connectivity index (χ0) is 19.9. The smallest absolute Gasteiger partial charge is 0.243 e. The summed E-state index contributed by atoms with van der Waals surface area (Å²) in [6, 6.07) is -0.548. The summed E-state index contributed by atoms with van der Waals surface area (Å²) in [5.74, 6) is 0.382. The average Bonchev–Trinajstić information content (AvgIpc) is 3.15. The average molecular weight is 368 g/mol. The molecule has 0 aromatic heterocycles. The third kappa shape index (κ3) is 6.71. The molecule has 2 unspecified atom stereocenters. The van der Waals surface area contributed by atoms with Crippen LogP contribution in [0.5, 0.6) is 0 Å². The van der Waals surface area contributed by atoms with Crippen LogP contribution in [0.2, 0.25) is 0 Å². The van der Waals surface area contributed by atoms with Gasteiger partial charge >= 0.3 is 0 Å². The molecule has 150 valence electrons. The fourth-order valence-corrected chi connectivity index (χ4v) is 3.28. The van der Waals surface area contributed by atoms with E-state index in [0.29, 0.717) is 25.2 Å². The molecule has 0 heterocycles. The van der Waals surface area contributed by atoms with Crippen molar-refractivity contribution in [2.75, 3.05) is 20.1 Å². The lowest BCUT2D eigenvalue weighted by Gasteiger charge is -2.30. The largest absolute Gasteiger partial charge is 0.341 e. The quantitative estimate of drug-likeness (QED) is 0.518. The zero-order valence-electron chi connectivity index (χ0n) is 17.4. The Morgan fingerprint density at radius 1 is 1.19 bits per heavy atom. The van der Waals surface area contributed by atoms with Crippen molar-refractivity contribution in [2.45, 2.75) is 78.3 Å². The highest BCUT2D eigenvalue weighted by Gasteiger charge is 2.55. The molecular weight excluding hydrogens is 330 g/mol. The first-order chi connectivity index (χ1) is 12.1. The molecule has 1 fully saturated rings. The molecule has 0 bridgehead atoms. The lowest BCUT2D eigenvalue weighted by Crippen LogP contribution is -2.53. The van der Waals surface area contributed by atoms with Crippen molar-refractivity contribution in [3.05, 3.63) is 0 Å². The number of rotatable bonds is 12. The molecule has 0 aliphatic heterocycles. The molecule has 2 atom stereocenters. The van der Waals surface area contributed by atoms with Gasteiger partial charge in [0.25, 0.3) is 0 Å². The molecule has 6 heteroatoms. The number of hydrogen-bond acceptors (Lipinski definition) is 4. The van der Waals surface area contributed by atoms with E-state index < -0.39 is 11.6 Å². The normalized spacial score (nSPS) is 20.4. The molecule has 6 nitrogen and oxygen atoms in total. The van der Waals surface area contributed by atoms with Crippen molar-refractivity contribution < 1.29 is 14.4 Å². The van der Waals surface area contributed by atoms with Gasteiger partial charge in [-0.05, 0) is 37.6 Å². The van der Waals surface area contributed by atoms with E-state index in [1.54, 1.807) is 7.05 Å². The number of ketones is 1. The third-order valence-electron chi connectivity index (χ3n) is 4.83. The molecule has 0 radical (unpaired) electrons.